The Bertz CT molecular complexity index is 2810. The van der Waals surface area contributed by atoms with Crippen molar-refractivity contribution in [1.29, 1.82) is 0 Å². The number of amides is 6. The number of carboxylic acid groups (broad SMARTS) is 1. The number of non-ortho nitro benzene ring substituents is 1. The average molecular weight is 1040 g/mol. The highest BCUT2D eigenvalue weighted by molar-refractivity contribution is 6.01. The molecule has 0 bridgehead atoms. The summed E-state index contributed by atoms with van der Waals surface area (Å²) in [6.07, 6.45) is -11.7. The van der Waals surface area contributed by atoms with E-state index in [1.54, 1.807) is 0 Å². The molecule has 0 heterocycles. The first kappa shape index (κ1) is 57.1. The van der Waals surface area contributed by atoms with E-state index in [1.165, 1.54) is 30.3 Å². The van der Waals surface area contributed by atoms with Crippen molar-refractivity contribution in [3.05, 3.63) is 108 Å². The van der Waals surface area contributed by atoms with Crippen LogP contribution in [0.1, 0.15) is 27.5 Å². The van der Waals surface area contributed by atoms with Gasteiger partial charge in [-0.25, -0.2) is 24.8 Å². The van der Waals surface area contributed by atoms with Gasteiger partial charge in [-0.1, -0.05) is 36.4 Å². The molecule has 0 fully saturated rings. The highest BCUT2D eigenvalue weighted by Crippen LogP contribution is 2.39. The van der Waals surface area contributed by atoms with E-state index in [1.807, 2.05) is 21.3 Å². The number of aromatic hydroxyl groups is 1. The standard InChI is InChI=1S/C36H44N22O16/c37-21(60)22(51-33(38)39)47-27(62)24(53-35(42)43)49-29(64)25(54-36(44)45)50-28(63)23(52-34(40)41)48-26(61)19(13-4-2-1-3-5-13)46-30(65)31(66)55(11-12-6-7-18(59)16(8-12)57(71)72)20-15(32(67)68)9-14(56(69)70)10-17(20)58(73)74/h1-10,19,22-25,31,59,66H,11H2,(H2,37,60)(H,46,65)(H,47,62)(H,48,61)(H,49,64)(H,50,63)(H,67,68)(H4,38,39,51)(H4,40,41,52)(H4,42,43,53)(H4,44,45,54). The number of nitro groups is 3. The molecular formula is C36H44N22O16. The predicted octanol–water partition coefficient (Wildman–Crippen LogP) is -7.65. The van der Waals surface area contributed by atoms with Crippen LogP contribution in [0.2, 0.25) is 0 Å². The summed E-state index contributed by atoms with van der Waals surface area (Å²) in [5.41, 5.74) is 42.0. The first-order chi connectivity index (χ1) is 34.5. The molecule has 0 aliphatic heterocycles. The average Bonchev–Trinajstić information content (AvgIpc) is 3.30. The molecule has 394 valence electrons. The number of nitrogens with one attached hydrogen (secondary N) is 5. The molecule has 26 N–H and O–H groups in total. The van der Waals surface area contributed by atoms with Crippen molar-refractivity contribution in [2.45, 2.75) is 43.5 Å². The summed E-state index contributed by atoms with van der Waals surface area (Å²) in [6.45, 7) is -1.07. The Morgan fingerprint density at radius 2 is 1.01 bits per heavy atom. The highest BCUT2D eigenvalue weighted by atomic mass is 16.6. The van der Waals surface area contributed by atoms with Crippen molar-refractivity contribution in [1.82, 2.24) is 26.6 Å². The van der Waals surface area contributed by atoms with Gasteiger partial charge in [0.25, 0.3) is 40.9 Å². The number of phenols is 1. The lowest BCUT2D eigenvalue weighted by Crippen LogP contribution is -2.58. The lowest BCUT2D eigenvalue weighted by Gasteiger charge is -2.31. The van der Waals surface area contributed by atoms with Crippen molar-refractivity contribution in [2.75, 3.05) is 4.90 Å². The van der Waals surface area contributed by atoms with Gasteiger partial charge in [-0.15, -0.1) is 0 Å². The second-order valence-electron chi connectivity index (χ2n) is 14.4. The number of hydrogen-bond donors (Lipinski definition) is 17. The van der Waals surface area contributed by atoms with E-state index in [0.29, 0.717) is 12.1 Å². The molecule has 74 heavy (non-hydrogen) atoms. The van der Waals surface area contributed by atoms with E-state index in [4.69, 9.17) is 51.6 Å². The number of nitro benzene ring substituents is 3. The van der Waals surface area contributed by atoms with Crippen LogP contribution >= 0.6 is 0 Å². The van der Waals surface area contributed by atoms with Crippen molar-refractivity contribution >= 4 is 88.0 Å². The molecule has 6 unspecified atom stereocenters. The predicted molar refractivity (Wildman–Crippen MR) is 251 cm³/mol. The van der Waals surface area contributed by atoms with Crippen molar-refractivity contribution in [2.24, 2.45) is 71.6 Å². The van der Waals surface area contributed by atoms with Crippen LogP contribution in [0.15, 0.2) is 80.6 Å². The molecule has 3 aromatic rings. The number of carbonyl (C=O) groups excluding carboxylic acids is 6. The van der Waals surface area contributed by atoms with E-state index in [2.05, 4.69) is 25.3 Å². The number of aliphatic hydroxyl groups is 1. The van der Waals surface area contributed by atoms with Crippen LogP contribution in [0.5, 0.6) is 5.75 Å². The van der Waals surface area contributed by atoms with Gasteiger partial charge in [0.05, 0.1) is 26.4 Å². The van der Waals surface area contributed by atoms with Gasteiger partial charge < -0.3 is 98.4 Å². The molecule has 0 aromatic heterocycles. The molecule has 0 radical (unpaired) electrons. The molecule has 0 aliphatic rings. The molecule has 38 heteroatoms. The Kier molecular flexibility index (Phi) is 19.2. The van der Waals surface area contributed by atoms with E-state index >= 15 is 0 Å². The summed E-state index contributed by atoms with van der Waals surface area (Å²) in [5, 5.41) is 77.6. The molecular weight excluding hydrogens is 997 g/mol. The van der Waals surface area contributed by atoms with Gasteiger partial charge in [-0.05, 0) is 17.2 Å². The van der Waals surface area contributed by atoms with Gasteiger partial charge in [0.1, 0.15) is 11.7 Å². The number of nitrogens with zero attached hydrogens (tertiary/aromatic N) is 8. The molecule has 3 aromatic carbocycles. The number of nitrogens with two attached hydrogens (primary N) is 9. The SMILES string of the molecule is NC(=O)C(N=C(N)N)NC(=O)C(N=C(N)N)NC(=O)C(N=C(N)N)NC(=O)C(N=C(N)N)NC(=O)C(NC(=O)C(O)N(Cc1ccc(O)c([N+](=O)[O-])c1)c1c(C(=O)O)cc([N+](=O)[O-])cc1[N+](=O)[O-])c1ccccc1. The van der Waals surface area contributed by atoms with E-state index in [9.17, 15) is 79.2 Å². The van der Waals surface area contributed by atoms with Crippen LogP contribution in [0.25, 0.3) is 0 Å². The summed E-state index contributed by atoms with van der Waals surface area (Å²) in [5.74, 6) is -15.3. The number of benzene rings is 3. The Morgan fingerprint density at radius 3 is 1.43 bits per heavy atom. The van der Waals surface area contributed by atoms with Gasteiger partial charge in [0.15, 0.2) is 29.6 Å². The van der Waals surface area contributed by atoms with Crippen LogP contribution in [-0.4, -0.2) is 126 Å². The Balaban J connectivity index is 2.12. The molecule has 0 spiro atoms. The van der Waals surface area contributed by atoms with Gasteiger partial charge >= 0.3 is 11.7 Å². The molecule has 0 saturated carbocycles. The minimum absolute atomic E-state index is 0.178. The Hall–Kier alpha value is -11.2. The van der Waals surface area contributed by atoms with Crippen LogP contribution in [0, 0.1) is 30.3 Å². The monoisotopic (exact) mass is 1040 g/mol. The zero-order chi connectivity index (χ0) is 55.9. The molecule has 0 aliphatic carbocycles. The van der Waals surface area contributed by atoms with E-state index < -0.39 is 158 Å². The van der Waals surface area contributed by atoms with Crippen LogP contribution in [0.3, 0.4) is 0 Å². The minimum Gasteiger partial charge on any atom is -0.502 e. The van der Waals surface area contributed by atoms with Crippen LogP contribution in [-0.2, 0) is 35.3 Å². The van der Waals surface area contributed by atoms with Gasteiger partial charge in [0, 0.05) is 18.7 Å². The lowest BCUT2D eigenvalue weighted by atomic mass is 10.0. The van der Waals surface area contributed by atoms with Gasteiger partial charge in [-0.2, -0.15) is 0 Å². The third-order valence-corrected chi connectivity index (χ3v) is 9.04. The largest absolute Gasteiger partial charge is 0.502 e. The van der Waals surface area contributed by atoms with E-state index in [-0.39, 0.29) is 22.1 Å². The zero-order valence-corrected chi connectivity index (χ0v) is 37.4. The third-order valence-electron chi connectivity index (χ3n) is 9.04. The quantitative estimate of drug-likeness (QED) is 0.0130. The molecule has 6 amide bonds. The second kappa shape index (κ2) is 24.9. The molecule has 6 atom stereocenters. The highest BCUT2D eigenvalue weighted by Gasteiger charge is 2.39. The number of phenolic OH excluding ortho intramolecular Hbond substituents is 1. The first-order valence-electron chi connectivity index (χ1n) is 19.8. The number of aliphatic imine (C=N–C) groups is 4. The number of primary amides is 1. The Labute approximate surface area is 411 Å². The van der Waals surface area contributed by atoms with E-state index in [0.717, 1.165) is 12.1 Å². The number of carboxylic acids is 1. The Morgan fingerprint density at radius 1 is 0.568 bits per heavy atom. The fourth-order valence-electron chi connectivity index (χ4n) is 6.01. The number of rotatable bonds is 24. The zero-order valence-electron chi connectivity index (χ0n) is 37.4. The number of anilines is 1. The molecule has 38 nitrogen and oxygen atoms in total. The van der Waals surface area contributed by atoms with Gasteiger partial charge in [0.2, 0.25) is 36.8 Å². The smallest absolute Gasteiger partial charge is 0.338 e. The van der Waals surface area contributed by atoms with Crippen molar-refractivity contribution in [3.63, 3.8) is 0 Å². The second-order valence-corrected chi connectivity index (χ2v) is 14.4. The molecule has 3 rings (SSSR count). The summed E-state index contributed by atoms with van der Waals surface area (Å²) in [7, 11) is 0. The van der Waals surface area contributed by atoms with Crippen molar-refractivity contribution < 1.29 is 63.7 Å². The van der Waals surface area contributed by atoms with Crippen LogP contribution < -0.4 is 83.1 Å². The van der Waals surface area contributed by atoms with Crippen LogP contribution in [0.4, 0.5) is 22.7 Å². The maximum atomic E-state index is 14.2. The van der Waals surface area contributed by atoms with Crippen molar-refractivity contribution in [3.8, 4) is 5.75 Å². The number of carbonyl (C=O) groups is 7. The maximum Gasteiger partial charge on any atom is 0.338 e. The summed E-state index contributed by atoms with van der Waals surface area (Å²) >= 11 is 0. The minimum atomic E-state index is -2.88. The normalized spacial score (nSPS) is 12.9. The molecule has 0 saturated heterocycles. The number of guanidine groups is 4. The number of hydrogen-bond acceptors (Lipinski definition) is 20. The first-order valence-corrected chi connectivity index (χ1v) is 19.8. The van der Waals surface area contributed by atoms with Gasteiger partial charge in [-0.3, -0.25) is 59.1 Å². The fourth-order valence-corrected chi connectivity index (χ4v) is 6.01. The number of aliphatic hydroxyl groups excluding tert-OH is 1. The fraction of sp³-hybridized carbons (Fsp3) is 0.194. The third kappa shape index (κ3) is 15.7. The summed E-state index contributed by atoms with van der Waals surface area (Å²) < 4.78 is 0. The number of aromatic carboxylic acids is 1. The summed E-state index contributed by atoms with van der Waals surface area (Å²) in [4.78, 5) is 140. The lowest BCUT2D eigenvalue weighted by molar-refractivity contribution is -0.393. The summed E-state index contributed by atoms with van der Waals surface area (Å²) in [6, 6.07) is 7.43. The maximum absolute atomic E-state index is 14.2. The topological polar surface area (TPSA) is 657 Å².